The van der Waals surface area contributed by atoms with E-state index in [0.29, 0.717) is 22.8 Å². The van der Waals surface area contributed by atoms with Gasteiger partial charge in [0.25, 0.3) is 0 Å². The Morgan fingerprint density at radius 2 is 1.83 bits per heavy atom. The Morgan fingerprint density at radius 3 is 2.28 bits per heavy atom. The summed E-state index contributed by atoms with van der Waals surface area (Å²) in [5, 5.41) is 9.01. The third-order valence-corrected chi connectivity index (χ3v) is 2.63. The number of aryl methyl sites for hydroxylation is 1. The predicted molar refractivity (Wildman–Crippen MR) is 59.7 cm³/mol. The van der Waals surface area contributed by atoms with Crippen LogP contribution in [0.25, 0.3) is 11.4 Å². The molecule has 2 rings (SSSR count). The Hall–Kier alpha value is -1.82. The van der Waals surface area contributed by atoms with Gasteiger partial charge in [0.1, 0.15) is 5.82 Å². The van der Waals surface area contributed by atoms with Crippen LogP contribution < -0.4 is 0 Å². The minimum atomic E-state index is -4.34. The number of aliphatic hydroxyl groups is 1. The van der Waals surface area contributed by atoms with E-state index in [4.69, 9.17) is 5.11 Å². The first kappa shape index (κ1) is 12.6. The highest BCUT2D eigenvalue weighted by Gasteiger charge is 2.30. The summed E-state index contributed by atoms with van der Waals surface area (Å²) >= 11 is 0. The van der Waals surface area contributed by atoms with Gasteiger partial charge < -0.3 is 10.1 Å². The standard InChI is InChI=1S/C12H11F3N2O/c1-7-10(6-18)17-11(16-7)8-2-4-9(5-3-8)12(13,14)15/h2-5,18H,6H2,1H3,(H,16,17). The van der Waals surface area contributed by atoms with Gasteiger partial charge in [-0.15, -0.1) is 0 Å². The molecule has 0 saturated carbocycles. The summed E-state index contributed by atoms with van der Waals surface area (Å²) in [5.74, 6) is 0.449. The SMILES string of the molecule is Cc1nc(-c2ccc(C(F)(F)F)cc2)[nH]c1CO. The van der Waals surface area contributed by atoms with Gasteiger partial charge in [-0.2, -0.15) is 13.2 Å². The van der Waals surface area contributed by atoms with E-state index in [1.807, 2.05) is 0 Å². The van der Waals surface area contributed by atoms with Crippen molar-refractivity contribution in [1.29, 1.82) is 0 Å². The van der Waals surface area contributed by atoms with E-state index in [1.165, 1.54) is 12.1 Å². The first-order chi connectivity index (χ1) is 8.41. The van der Waals surface area contributed by atoms with Crippen LogP contribution >= 0.6 is 0 Å². The van der Waals surface area contributed by atoms with E-state index >= 15 is 0 Å². The molecule has 2 N–H and O–H groups in total. The van der Waals surface area contributed by atoms with Crippen molar-refractivity contribution in [3.63, 3.8) is 0 Å². The van der Waals surface area contributed by atoms with Crippen LogP contribution in [0.1, 0.15) is 17.0 Å². The Morgan fingerprint density at radius 1 is 1.22 bits per heavy atom. The molecule has 0 bridgehead atoms. The lowest BCUT2D eigenvalue weighted by atomic mass is 10.1. The van der Waals surface area contributed by atoms with Crippen LogP contribution in [0, 0.1) is 6.92 Å². The zero-order chi connectivity index (χ0) is 13.3. The van der Waals surface area contributed by atoms with Gasteiger partial charge in [0.2, 0.25) is 0 Å². The summed E-state index contributed by atoms with van der Waals surface area (Å²) in [6, 6.07) is 4.71. The van der Waals surface area contributed by atoms with Crippen molar-refractivity contribution in [2.24, 2.45) is 0 Å². The van der Waals surface area contributed by atoms with Crippen LogP contribution in [-0.2, 0) is 12.8 Å². The first-order valence-corrected chi connectivity index (χ1v) is 5.26. The molecule has 0 aliphatic rings. The van der Waals surface area contributed by atoms with Gasteiger partial charge in [-0.05, 0) is 19.1 Å². The lowest BCUT2D eigenvalue weighted by molar-refractivity contribution is -0.137. The van der Waals surface area contributed by atoms with E-state index < -0.39 is 11.7 Å². The molecule has 0 aliphatic heterocycles. The maximum Gasteiger partial charge on any atom is 0.416 e. The number of hydrogen-bond donors (Lipinski definition) is 2. The second-order valence-electron chi connectivity index (χ2n) is 3.88. The van der Waals surface area contributed by atoms with E-state index in [-0.39, 0.29) is 6.61 Å². The lowest BCUT2D eigenvalue weighted by Gasteiger charge is -2.06. The Bertz CT molecular complexity index is 543. The maximum absolute atomic E-state index is 12.4. The number of aliphatic hydroxyl groups excluding tert-OH is 1. The molecule has 0 radical (unpaired) electrons. The van der Waals surface area contributed by atoms with Crippen LogP contribution in [0.4, 0.5) is 13.2 Å². The van der Waals surface area contributed by atoms with Gasteiger partial charge in [-0.1, -0.05) is 12.1 Å². The Balaban J connectivity index is 2.34. The number of halogens is 3. The number of rotatable bonds is 2. The van der Waals surface area contributed by atoms with Crippen molar-refractivity contribution in [2.45, 2.75) is 19.7 Å². The largest absolute Gasteiger partial charge is 0.416 e. The zero-order valence-corrected chi connectivity index (χ0v) is 9.54. The number of benzene rings is 1. The van der Waals surface area contributed by atoms with Gasteiger partial charge in [0, 0.05) is 5.56 Å². The molecule has 1 heterocycles. The number of imidazole rings is 1. The average Bonchev–Trinajstić information content (AvgIpc) is 2.69. The second-order valence-corrected chi connectivity index (χ2v) is 3.88. The van der Waals surface area contributed by atoms with Gasteiger partial charge >= 0.3 is 6.18 Å². The van der Waals surface area contributed by atoms with Crippen LogP contribution in [0.15, 0.2) is 24.3 Å². The molecule has 0 aliphatic carbocycles. The van der Waals surface area contributed by atoms with Gasteiger partial charge in [-0.3, -0.25) is 0 Å². The second kappa shape index (κ2) is 4.45. The van der Waals surface area contributed by atoms with Crippen LogP contribution in [0.3, 0.4) is 0 Å². The summed E-state index contributed by atoms with van der Waals surface area (Å²) < 4.78 is 37.2. The van der Waals surface area contributed by atoms with Crippen molar-refractivity contribution >= 4 is 0 Å². The molecule has 3 nitrogen and oxygen atoms in total. The summed E-state index contributed by atoms with van der Waals surface area (Å²) in [5.41, 5.74) is 1.04. The third kappa shape index (κ3) is 2.38. The maximum atomic E-state index is 12.4. The minimum absolute atomic E-state index is 0.181. The third-order valence-electron chi connectivity index (χ3n) is 2.63. The monoisotopic (exact) mass is 256 g/mol. The molecule has 2 aromatic rings. The van der Waals surface area contributed by atoms with E-state index in [2.05, 4.69) is 9.97 Å². The molecule has 6 heteroatoms. The molecule has 18 heavy (non-hydrogen) atoms. The molecule has 0 atom stereocenters. The Labute approximate surface area is 101 Å². The van der Waals surface area contributed by atoms with E-state index in [9.17, 15) is 13.2 Å². The summed E-state index contributed by atoms with van der Waals surface area (Å²) in [4.78, 5) is 7.01. The smallest absolute Gasteiger partial charge is 0.390 e. The normalized spacial score (nSPS) is 11.8. The fourth-order valence-electron chi connectivity index (χ4n) is 1.60. The molecule has 96 valence electrons. The van der Waals surface area contributed by atoms with Crippen molar-refractivity contribution in [3.05, 3.63) is 41.2 Å². The number of aromatic amines is 1. The molecular weight excluding hydrogens is 245 g/mol. The van der Waals surface area contributed by atoms with Crippen LogP contribution in [0.5, 0.6) is 0 Å². The number of alkyl halides is 3. The number of nitrogens with zero attached hydrogens (tertiary/aromatic N) is 1. The minimum Gasteiger partial charge on any atom is -0.390 e. The highest BCUT2D eigenvalue weighted by atomic mass is 19.4. The highest BCUT2D eigenvalue weighted by molar-refractivity contribution is 5.56. The first-order valence-electron chi connectivity index (χ1n) is 5.26. The lowest BCUT2D eigenvalue weighted by Crippen LogP contribution is -2.04. The Kier molecular flexibility index (Phi) is 3.13. The molecule has 0 spiro atoms. The molecule has 1 aromatic carbocycles. The quantitative estimate of drug-likeness (QED) is 0.868. The average molecular weight is 256 g/mol. The number of nitrogens with one attached hydrogen (secondary N) is 1. The molecule has 1 aromatic heterocycles. The fourth-order valence-corrected chi connectivity index (χ4v) is 1.60. The summed E-state index contributed by atoms with van der Waals surface area (Å²) in [6.07, 6.45) is -4.34. The fraction of sp³-hybridized carbons (Fsp3) is 0.250. The van der Waals surface area contributed by atoms with Crippen molar-refractivity contribution in [2.75, 3.05) is 0 Å². The van der Waals surface area contributed by atoms with Crippen molar-refractivity contribution in [3.8, 4) is 11.4 Å². The molecule has 0 amide bonds. The molecule has 0 fully saturated rings. The molecular formula is C12H11F3N2O. The van der Waals surface area contributed by atoms with Crippen molar-refractivity contribution in [1.82, 2.24) is 9.97 Å². The molecule has 0 unspecified atom stereocenters. The van der Waals surface area contributed by atoms with E-state index in [0.717, 1.165) is 12.1 Å². The number of aromatic nitrogens is 2. The number of hydrogen-bond acceptors (Lipinski definition) is 2. The summed E-state index contributed by atoms with van der Waals surface area (Å²) in [7, 11) is 0. The van der Waals surface area contributed by atoms with Gasteiger partial charge in [-0.25, -0.2) is 4.98 Å². The molecule has 0 saturated heterocycles. The van der Waals surface area contributed by atoms with Gasteiger partial charge in [0.15, 0.2) is 0 Å². The highest BCUT2D eigenvalue weighted by Crippen LogP contribution is 2.30. The zero-order valence-electron chi connectivity index (χ0n) is 9.54. The van der Waals surface area contributed by atoms with Crippen LogP contribution in [-0.4, -0.2) is 15.1 Å². The van der Waals surface area contributed by atoms with Gasteiger partial charge in [0.05, 0.1) is 23.6 Å². The van der Waals surface area contributed by atoms with Crippen LogP contribution in [0.2, 0.25) is 0 Å². The predicted octanol–water partition coefficient (Wildman–Crippen LogP) is 2.90. The van der Waals surface area contributed by atoms with Crippen molar-refractivity contribution < 1.29 is 18.3 Å². The number of H-pyrrole nitrogens is 1. The topological polar surface area (TPSA) is 48.9 Å². The summed E-state index contributed by atoms with van der Waals surface area (Å²) in [6.45, 7) is 1.54. The van der Waals surface area contributed by atoms with E-state index in [1.54, 1.807) is 6.92 Å².